The van der Waals surface area contributed by atoms with E-state index in [-0.39, 0.29) is 11.0 Å². The summed E-state index contributed by atoms with van der Waals surface area (Å²) in [4.78, 5) is 0. The van der Waals surface area contributed by atoms with Crippen LogP contribution in [0.5, 0.6) is 0 Å². The van der Waals surface area contributed by atoms with E-state index in [4.69, 9.17) is 14.0 Å². The van der Waals surface area contributed by atoms with Gasteiger partial charge in [-0.1, -0.05) is 65.5 Å². The summed E-state index contributed by atoms with van der Waals surface area (Å²) in [7, 11) is -0.525. The van der Waals surface area contributed by atoms with Gasteiger partial charge in [-0.3, -0.25) is 0 Å². The van der Waals surface area contributed by atoms with E-state index in [0.29, 0.717) is 19.1 Å². The lowest BCUT2D eigenvalue weighted by atomic mass is 9.70. The normalized spacial score (nSPS) is 27.8. The van der Waals surface area contributed by atoms with E-state index in [0.717, 1.165) is 25.7 Å². The minimum atomic E-state index is -0.525. The summed E-state index contributed by atoms with van der Waals surface area (Å²) in [6, 6.07) is 0. The van der Waals surface area contributed by atoms with Crippen molar-refractivity contribution in [2.45, 2.75) is 91.1 Å². The third-order valence-corrected chi connectivity index (χ3v) is 6.23. The van der Waals surface area contributed by atoms with E-state index < -0.39 is 7.32 Å². The Balaban J connectivity index is 1.94. The van der Waals surface area contributed by atoms with Crippen LogP contribution in [0.4, 0.5) is 0 Å². The Morgan fingerprint density at radius 1 is 1.04 bits per heavy atom. The first-order valence-corrected chi connectivity index (χ1v) is 10.1. The molecule has 2 aliphatic rings. The van der Waals surface area contributed by atoms with Gasteiger partial charge in [0.25, 0.3) is 0 Å². The van der Waals surface area contributed by atoms with Gasteiger partial charge in [0.05, 0.1) is 5.60 Å². The van der Waals surface area contributed by atoms with Gasteiger partial charge in [0.1, 0.15) is 0 Å². The van der Waals surface area contributed by atoms with E-state index in [1.165, 1.54) is 37.7 Å². The molecule has 0 aliphatic heterocycles. The molecule has 2 fully saturated rings. The topological polar surface area (TPSA) is 27.7 Å². The van der Waals surface area contributed by atoms with E-state index in [1.54, 1.807) is 0 Å². The highest BCUT2D eigenvalue weighted by atomic mass is 16.7. The van der Waals surface area contributed by atoms with Crippen LogP contribution >= 0.6 is 0 Å². The van der Waals surface area contributed by atoms with Gasteiger partial charge < -0.3 is 14.0 Å². The van der Waals surface area contributed by atoms with Crippen molar-refractivity contribution >= 4 is 7.32 Å². The number of unbranched alkanes of at least 4 members (excludes halogenated alkanes) is 4. The summed E-state index contributed by atoms with van der Waals surface area (Å²) in [6.07, 6.45) is 10.3. The molecule has 24 heavy (non-hydrogen) atoms. The largest absolute Gasteiger partial charge is 0.639 e. The first-order valence-electron chi connectivity index (χ1n) is 10.1. The van der Waals surface area contributed by atoms with Gasteiger partial charge in [0.2, 0.25) is 0 Å². The van der Waals surface area contributed by atoms with Gasteiger partial charge in [0.15, 0.2) is 0 Å². The molecular weight excluding hydrogens is 299 g/mol. The van der Waals surface area contributed by atoms with E-state index >= 15 is 0 Å². The van der Waals surface area contributed by atoms with Crippen LogP contribution in [0, 0.1) is 11.3 Å². The van der Waals surface area contributed by atoms with Crippen LogP contribution in [0.25, 0.3) is 0 Å². The van der Waals surface area contributed by atoms with Crippen molar-refractivity contribution in [1.82, 2.24) is 0 Å². The lowest BCUT2D eigenvalue weighted by molar-refractivity contribution is -0.0566. The molecule has 2 bridgehead atoms. The Labute approximate surface area is 149 Å². The van der Waals surface area contributed by atoms with Crippen molar-refractivity contribution < 1.29 is 14.0 Å². The van der Waals surface area contributed by atoms with Crippen molar-refractivity contribution in [3.8, 4) is 0 Å². The van der Waals surface area contributed by atoms with Gasteiger partial charge in [-0.05, 0) is 38.0 Å². The van der Waals surface area contributed by atoms with Crippen molar-refractivity contribution in [1.29, 1.82) is 0 Å². The van der Waals surface area contributed by atoms with E-state index in [1.807, 2.05) is 0 Å². The van der Waals surface area contributed by atoms with Crippen LogP contribution in [-0.2, 0) is 14.0 Å². The molecule has 4 heteroatoms. The molecule has 2 unspecified atom stereocenters. The SMILES string of the molecule is C=C1C2CCC(OB(OCCCCC)OCCCCC)(C2)C1(C)C. The third kappa shape index (κ3) is 4.26. The number of fused-ring (bicyclic) bond motifs is 2. The lowest BCUT2D eigenvalue weighted by Gasteiger charge is -2.44. The van der Waals surface area contributed by atoms with Crippen molar-refractivity contribution in [3.63, 3.8) is 0 Å². The fourth-order valence-electron chi connectivity index (χ4n) is 4.30. The number of rotatable bonds is 12. The summed E-state index contributed by atoms with van der Waals surface area (Å²) in [5.41, 5.74) is 1.20. The molecule has 2 rings (SSSR count). The summed E-state index contributed by atoms with van der Waals surface area (Å²) in [5.74, 6) is 0.612. The molecule has 138 valence electrons. The van der Waals surface area contributed by atoms with Gasteiger partial charge in [-0.2, -0.15) is 0 Å². The number of hydrogen-bond acceptors (Lipinski definition) is 3. The molecule has 0 spiro atoms. The Bertz CT molecular complexity index is 398. The average Bonchev–Trinajstić information content (AvgIpc) is 3.06. The zero-order valence-corrected chi connectivity index (χ0v) is 16.4. The van der Waals surface area contributed by atoms with Gasteiger partial charge in [-0.25, -0.2) is 0 Å². The molecule has 0 aromatic carbocycles. The molecule has 0 N–H and O–H groups in total. The molecule has 0 heterocycles. The minimum Gasteiger partial charge on any atom is -0.386 e. The zero-order chi connectivity index (χ0) is 17.6. The molecule has 0 aromatic rings. The molecule has 0 saturated heterocycles. The van der Waals surface area contributed by atoms with E-state index in [2.05, 4.69) is 34.3 Å². The number of hydrogen-bond donors (Lipinski definition) is 0. The van der Waals surface area contributed by atoms with Gasteiger partial charge in [0, 0.05) is 18.6 Å². The molecular formula is C20H37BO3. The Morgan fingerprint density at radius 3 is 2.08 bits per heavy atom. The molecule has 2 saturated carbocycles. The van der Waals surface area contributed by atoms with Crippen LogP contribution in [0.3, 0.4) is 0 Å². The first-order chi connectivity index (χ1) is 11.5. The lowest BCUT2D eigenvalue weighted by Crippen LogP contribution is -2.48. The monoisotopic (exact) mass is 336 g/mol. The Hall–Kier alpha value is -0.315. The zero-order valence-electron chi connectivity index (χ0n) is 16.4. The standard InChI is InChI=1S/C20H37BO3/c1-6-8-10-14-22-21(23-15-11-9-7-2)24-20-13-12-18(16-20)17(3)19(20,4)5/h18H,3,6-16H2,1-2,4-5H3. The maximum Gasteiger partial charge on any atom is 0.639 e. The highest BCUT2D eigenvalue weighted by molar-refractivity contribution is 6.36. The van der Waals surface area contributed by atoms with Crippen LogP contribution in [0.1, 0.15) is 85.5 Å². The summed E-state index contributed by atoms with van der Waals surface area (Å²) >= 11 is 0. The fraction of sp³-hybridized carbons (Fsp3) is 0.900. The van der Waals surface area contributed by atoms with Crippen molar-refractivity contribution in [3.05, 3.63) is 12.2 Å². The maximum atomic E-state index is 6.53. The van der Waals surface area contributed by atoms with Crippen LogP contribution in [0.2, 0.25) is 0 Å². The Morgan fingerprint density at radius 2 is 1.62 bits per heavy atom. The maximum absolute atomic E-state index is 6.53. The second kappa shape index (κ2) is 8.87. The quantitative estimate of drug-likeness (QED) is 0.266. The summed E-state index contributed by atoms with van der Waals surface area (Å²) in [6.45, 7) is 14.8. The summed E-state index contributed by atoms with van der Waals surface area (Å²) in [5, 5.41) is 0. The molecule has 2 aliphatic carbocycles. The van der Waals surface area contributed by atoms with Crippen LogP contribution in [-0.4, -0.2) is 26.1 Å². The summed E-state index contributed by atoms with van der Waals surface area (Å²) < 4.78 is 18.5. The Kier molecular flexibility index (Phi) is 7.39. The highest BCUT2D eigenvalue weighted by Crippen LogP contribution is 2.62. The molecule has 3 nitrogen and oxygen atoms in total. The predicted molar refractivity (Wildman–Crippen MR) is 101 cm³/mol. The third-order valence-electron chi connectivity index (χ3n) is 6.23. The van der Waals surface area contributed by atoms with Crippen molar-refractivity contribution in [2.24, 2.45) is 11.3 Å². The highest BCUT2D eigenvalue weighted by Gasteiger charge is 2.61. The second-order valence-corrected chi connectivity index (χ2v) is 8.15. The second-order valence-electron chi connectivity index (χ2n) is 8.15. The predicted octanol–water partition coefficient (Wildman–Crippen LogP) is 5.54. The average molecular weight is 336 g/mol. The van der Waals surface area contributed by atoms with Gasteiger partial charge >= 0.3 is 7.32 Å². The van der Waals surface area contributed by atoms with Gasteiger partial charge in [-0.15, -0.1) is 0 Å². The van der Waals surface area contributed by atoms with E-state index in [9.17, 15) is 0 Å². The first kappa shape index (κ1) is 20.0. The molecule has 0 radical (unpaired) electrons. The van der Waals surface area contributed by atoms with Crippen LogP contribution in [0.15, 0.2) is 12.2 Å². The minimum absolute atomic E-state index is 0.00766. The van der Waals surface area contributed by atoms with Crippen molar-refractivity contribution in [2.75, 3.05) is 13.2 Å². The smallest absolute Gasteiger partial charge is 0.386 e. The molecule has 0 aromatic heterocycles. The molecule has 2 atom stereocenters. The molecule has 0 amide bonds. The van der Waals surface area contributed by atoms with Crippen LogP contribution < -0.4 is 0 Å². The fourth-order valence-corrected chi connectivity index (χ4v) is 4.30.